The van der Waals surface area contributed by atoms with Gasteiger partial charge in [0.15, 0.2) is 0 Å². The Kier molecular flexibility index (Phi) is 7.90. The summed E-state index contributed by atoms with van der Waals surface area (Å²) in [6.45, 7) is 12.8. The molecule has 1 aromatic carbocycles. The molecule has 0 nitrogen and oxygen atoms in total. The van der Waals surface area contributed by atoms with E-state index in [-0.39, 0.29) is 21.2 Å². The number of allylic oxidation sites excluding steroid dienone is 5. The van der Waals surface area contributed by atoms with Gasteiger partial charge in [-0.3, -0.25) is 0 Å². The molecule has 0 saturated heterocycles. The fraction of sp³-hybridized carbons (Fsp3) is 0.368. The molecule has 20 heavy (non-hydrogen) atoms. The van der Waals surface area contributed by atoms with Crippen LogP contribution in [0.3, 0.4) is 0 Å². The Labute approximate surface area is 134 Å². The maximum absolute atomic E-state index is 3.94. The van der Waals surface area contributed by atoms with Crippen LogP contribution in [0, 0.1) is 13.8 Å². The molecule has 0 aliphatic heterocycles. The van der Waals surface area contributed by atoms with Gasteiger partial charge in [0.25, 0.3) is 0 Å². The van der Waals surface area contributed by atoms with Gasteiger partial charge in [-0.2, -0.15) is 0 Å². The van der Waals surface area contributed by atoms with Crippen molar-refractivity contribution in [2.75, 3.05) is 4.43 Å². The van der Waals surface area contributed by atoms with Gasteiger partial charge in [0, 0.05) is 0 Å². The third kappa shape index (κ3) is 6.08. The molecule has 0 bridgehead atoms. The first kappa shape index (κ1) is 17.2. The second-order valence-corrected chi connectivity index (χ2v) is 9.01. The minimum absolute atomic E-state index is 0.248. The van der Waals surface area contributed by atoms with Gasteiger partial charge in [-0.15, -0.1) is 0 Å². The van der Waals surface area contributed by atoms with E-state index in [0.717, 1.165) is 12.8 Å². The molecule has 0 N–H and O–H groups in total. The van der Waals surface area contributed by atoms with Gasteiger partial charge in [0.2, 0.25) is 0 Å². The Morgan fingerprint density at radius 1 is 1.20 bits per heavy atom. The molecule has 1 rings (SSSR count). The van der Waals surface area contributed by atoms with Gasteiger partial charge in [-0.25, -0.2) is 0 Å². The van der Waals surface area contributed by atoms with E-state index in [1.165, 1.54) is 26.7 Å². The Balaban J connectivity index is 2.65. The van der Waals surface area contributed by atoms with E-state index in [9.17, 15) is 0 Å². The SMILES string of the molecule is C=C/C(=C\C=C(/C)[I-]CC)CCc1ccc(C)c(C)c1. The first-order valence-corrected chi connectivity index (χ1v) is 9.82. The molecule has 110 valence electrons. The second kappa shape index (κ2) is 9.17. The van der Waals surface area contributed by atoms with E-state index in [1.54, 1.807) is 3.58 Å². The molecule has 0 spiro atoms. The van der Waals surface area contributed by atoms with Gasteiger partial charge >= 0.3 is 135 Å². The molecule has 0 radical (unpaired) electrons. The monoisotopic (exact) mass is 381 g/mol. The van der Waals surface area contributed by atoms with E-state index in [1.807, 2.05) is 6.08 Å². The van der Waals surface area contributed by atoms with Crippen molar-refractivity contribution in [3.63, 3.8) is 0 Å². The molecule has 0 atom stereocenters. The molecule has 0 amide bonds. The fourth-order valence-electron chi connectivity index (χ4n) is 1.98. The average molecular weight is 381 g/mol. The van der Waals surface area contributed by atoms with Crippen LogP contribution in [0.2, 0.25) is 0 Å². The topological polar surface area (TPSA) is 0 Å². The molecule has 0 saturated carbocycles. The van der Waals surface area contributed by atoms with Crippen molar-refractivity contribution in [1.29, 1.82) is 0 Å². The van der Waals surface area contributed by atoms with Crippen LogP contribution in [0.4, 0.5) is 0 Å². The van der Waals surface area contributed by atoms with Gasteiger partial charge in [-0.1, -0.05) is 0 Å². The molecule has 0 aromatic heterocycles. The van der Waals surface area contributed by atoms with Crippen molar-refractivity contribution < 1.29 is 21.2 Å². The van der Waals surface area contributed by atoms with Crippen LogP contribution in [0.25, 0.3) is 0 Å². The molecule has 1 heteroatoms. The number of rotatable bonds is 7. The quantitative estimate of drug-likeness (QED) is 0.387. The predicted octanol–water partition coefficient (Wildman–Crippen LogP) is 2.36. The Morgan fingerprint density at radius 3 is 2.55 bits per heavy atom. The number of hydrogen-bond acceptors (Lipinski definition) is 0. The minimum atomic E-state index is 0.248. The van der Waals surface area contributed by atoms with E-state index in [0.29, 0.717) is 0 Å². The van der Waals surface area contributed by atoms with Crippen LogP contribution in [0.1, 0.15) is 37.0 Å². The summed E-state index contributed by atoms with van der Waals surface area (Å²) >= 11 is 0.248. The van der Waals surface area contributed by atoms with Crippen molar-refractivity contribution in [3.05, 3.63) is 68.8 Å². The van der Waals surface area contributed by atoms with Gasteiger partial charge in [0.05, 0.1) is 0 Å². The van der Waals surface area contributed by atoms with Crippen LogP contribution in [0.5, 0.6) is 0 Å². The first-order valence-electron chi connectivity index (χ1n) is 7.22. The number of benzene rings is 1. The zero-order chi connectivity index (χ0) is 15.0. The van der Waals surface area contributed by atoms with Crippen LogP contribution < -0.4 is 21.2 Å². The number of aryl methyl sites for hydroxylation is 3. The Bertz CT molecular complexity index is 506. The number of hydrogen-bond donors (Lipinski definition) is 0. The molecule has 0 aliphatic carbocycles. The van der Waals surface area contributed by atoms with Crippen molar-refractivity contribution >= 4 is 0 Å². The zero-order valence-corrected chi connectivity index (χ0v) is 15.3. The second-order valence-electron chi connectivity index (χ2n) is 5.02. The molecule has 0 fully saturated rings. The Hall–Kier alpha value is -0.830. The Morgan fingerprint density at radius 2 is 1.95 bits per heavy atom. The normalized spacial score (nSPS) is 12.8. The summed E-state index contributed by atoms with van der Waals surface area (Å²) in [5.41, 5.74) is 5.51. The molecular formula is C19H26I-. The third-order valence-electron chi connectivity index (χ3n) is 3.41. The van der Waals surface area contributed by atoms with Crippen LogP contribution in [0.15, 0.2) is 52.2 Å². The third-order valence-corrected chi connectivity index (χ3v) is 5.73. The van der Waals surface area contributed by atoms with Gasteiger partial charge in [0.1, 0.15) is 0 Å². The van der Waals surface area contributed by atoms with Crippen LogP contribution >= 0.6 is 0 Å². The fourth-order valence-corrected chi connectivity index (χ4v) is 3.62. The molecule has 0 aliphatic rings. The van der Waals surface area contributed by atoms with Crippen molar-refractivity contribution in [2.24, 2.45) is 0 Å². The molecule has 1 aromatic rings. The zero-order valence-electron chi connectivity index (χ0n) is 13.2. The summed E-state index contributed by atoms with van der Waals surface area (Å²) in [6.07, 6.45) is 8.69. The summed E-state index contributed by atoms with van der Waals surface area (Å²) in [6, 6.07) is 6.77. The van der Waals surface area contributed by atoms with Crippen molar-refractivity contribution in [1.82, 2.24) is 0 Å². The van der Waals surface area contributed by atoms with E-state index >= 15 is 0 Å². The maximum atomic E-state index is 3.94. The van der Waals surface area contributed by atoms with E-state index < -0.39 is 0 Å². The first-order chi connectivity index (χ1) is 9.56. The van der Waals surface area contributed by atoms with E-state index in [2.05, 4.69) is 64.6 Å². The van der Waals surface area contributed by atoms with Crippen LogP contribution in [-0.4, -0.2) is 4.43 Å². The predicted molar refractivity (Wildman–Crippen MR) is 86.8 cm³/mol. The summed E-state index contributed by atoms with van der Waals surface area (Å²) in [4.78, 5) is 0. The molecule has 0 unspecified atom stereocenters. The van der Waals surface area contributed by atoms with Crippen molar-refractivity contribution in [3.8, 4) is 0 Å². The average Bonchev–Trinajstić information content (AvgIpc) is 2.43. The van der Waals surface area contributed by atoms with Crippen LogP contribution in [-0.2, 0) is 6.42 Å². The number of halogens is 1. The molecular weight excluding hydrogens is 355 g/mol. The summed E-state index contributed by atoms with van der Waals surface area (Å²) in [5.74, 6) is 0. The standard InChI is InChI=1S/C19H26I/c1-6-18(11-9-17(5)20-7-2)12-13-19-10-8-15(3)16(4)14-19/h6,8-11,14H,1,7,12-13H2,2-5H3/q-1/b17-9+,18-11+. The summed E-state index contributed by atoms with van der Waals surface area (Å²) < 4.78 is 2.87. The molecule has 0 heterocycles. The van der Waals surface area contributed by atoms with Gasteiger partial charge < -0.3 is 0 Å². The van der Waals surface area contributed by atoms with E-state index in [4.69, 9.17) is 0 Å². The van der Waals surface area contributed by atoms with Gasteiger partial charge in [-0.05, 0) is 0 Å². The summed E-state index contributed by atoms with van der Waals surface area (Å²) in [7, 11) is 0. The summed E-state index contributed by atoms with van der Waals surface area (Å²) in [5, 5.41) is 0. The van der Waals surface area contributed by atoms with Crippen molar-refractivity contribution in [2.45, 2.75) is 40.5 Å². The number of alkyl halides is 1.